The summed E-state index contributed by atoms with van der Waals surface area (Å²) in [7, 11) is 0. The smallest absolute Gasteiger partial charge is 0.223 e. The first-order chi connectivity index (χ1) is 6.69. The highest BCUT2D eigenvalue weighted by Gasteiger charge is 2.30. The summed E-state index contributed by atoms with van der Waals surface area (Å²) in [5.74, 6) is 0.817. The third-order valence-corrected chi connectivity index (χ3v) is 3.26. The lowest BCUT2D eigenvalue weighted by atomic mass is 9.97. The largest absolute Gasteiger partial charge is 0.394 e. The Labute approximate surface area is 85.9 Å². The summed E-state index contributed by atoms with van der Waals surface area (Å²) in [6, 6.07) is -0.0599. The van der Waals surface area contributed by atoms with Gasteiger partial charge < -0.3 is 10.4 Å². The summed E-state index contributed by atoms with van der Waals surface area (Å²) in [5, 5.41) is 11.9. The molecule has 14 heavy (non-hydrogen) atoms. The molecule has 3 heteroatoms. The van der Waals surface area contributed by atoms with Gasteiger partial charge in [0.25, 0.3) is 0 Å². The first-order valence-corrected chi connectivity index (χ1v) is 5.60. The molecule has 0 saturated heterocycles. The van der Waals surface area contributed by atoms with E-state index >= 15 is 0 Å². The second-order valence-electron chi connectivity index (χ2n) is 4.31. The Hall–Kier alpha value is -0.570. The predicted octanol–water partition coefficient (Wildman–Crippen LogP) is 1.31. The summed E-state index contributed by atoms with van der Waals surface area (Å²) in [6.07, 6.45) is 4.13. The van der Waals surface area contributed by atoms with Crippen LogP contribution >= 0.6 is 0 Å². The highest BCUT2D eigenvalue weighted by atomic mass is 16.3. The minimum Gasteiger partial charge on any atom is -0.394 e. The number of hydrogen-bond acceptors (Lipinski definition) is 2. The number of nitrogens with one attached hydrogen (secondary N) is 1. The van der Waals surface area contributed by atoms with Gasteiger partial charge in [-0.05, 0) is 25.2 Å². The highest BCUT2D eigenvalue weighted by molar-refractivity contribution is 5.79. The van der Waals surface area contributed by atoms with E-state index in [0.717, 1.165) is 25.7 Å². The minimum absolute atomic E-state index is 0.0450. The summed E-state index contributed by atoms with van der Waals surface area (Å²) >= 11 is 0. The molecule has 3 nitrogen and oxygen atoms in total. The zero-order valence-corrected chi connectivity index (χ0v) is 9.12. The maximum absolute atomic E-state index is 11.8. The Morgan fingerprint density at radius 2 is 2.29 bits per heavy atom. The normalized spacial score (nSPS) is 28.8. The second-order valence-corrected chi connectivity index (χ2v) is 4.31. The van der Waals surface area contributed by atoms with Gasteiger partial charge in [-0.25, -0.2) is 0 Å². The molecule has 0 aromatic carbocycles. The third kappa shape index (κ3) is 2.71. The van der Waals surface area contributed by atoms with Crippen molar-refractivity contribution >= 4 is 5.91 Å². The van der Waals surface area contributed by atoms with Crippen LogP contribution in [0.2, 0.25) is 0 Å². The van der Waals surface area contributed by atoms with Crippen molar-refractivity contribution in [3.8, 4) is 0 Å². The third-order valence-electron chi connectivity index (χ3n) is 3.26. The van der Waals surface area contributed by atoms with Crippen LogP contribution in [0.15, 0.2) is 0 Å². The molecule has 3 atom stereocenters. The first kappa shape index (κ1) is 11.5. The number of amides is 1. The average molecular weight is 199 g/mol. The van der Waals surface area contributed by atoms with E-state index in [9.17, 15) is 4.79 Å². The number of carbonyl (C=O) groups excluding carboxylic acids is 1. The fraction of sp³-hybridized carbons (Fsp3) is 0.909. The Balaban J connectivity index is 2.40. The van der Waals surface area contributed by atoms with Crippen molar-refractivity contribution in [1.29, 1.82) is 0 Å². The van der Waals surface area contributed by atoms with E-state index in [1.54, 1.807) is 0 Å². The van der Waals surface area contributed by atoms with E-state index in [4.69, 9.17) is 5.11 Å². The van der Waals surface area contributed by atoms with Crippen LogP contribution in [-0.4, -0.2) is 23.7 Å². The molecule has 0 radical (unpaired) electrons. The zero-order valence-electron chi connectivity index (χ0n) is 9.12. The number of rotatable bonds is 4. The van der Waals surface area contributed by atoms with E-state index < -0.39 is 0 Å². The Kier molecular flexibility index (Phi) is 4.39. The molecule has 2 N–H and O–H groups in total. The molecule has 0 heterocycles. The first-order valence-electron chi connectivity index (χ1n) is 5.60. The van der Waals surface area contributed by atoms with Crippen LogP contribution in [0.5, 0.6) is 0 Å². The highest BCUT2D eigenvalue weighted by Crippen LogP contribution is 2.31. The van der Waals surface area contributed by atoms with Crippen LogP contribution in [0.4, 0.5) is 0 Å². The Morgan fingerprint density at radius 1 is 1.57 bits per heavy atom. The lowest BCUT2D eigenvalue weighted by Crippen LogP contribution is -2.41. The van der Waals surface area contributed by atoms with Crippen molar-refractivity contribution in [2.24, 2.45) is 11.8 Å². The molecule has 0 aromatic rings. The van der Waals surface area contributed by atoms with E-state index in [-0.39, 0.29) is 24.5 Å². The van der Waals surface area contributed by atoms with Gasteiger partial charge in [-0.2, -0.15) is 0 Å². The lowest BCUT2D eigenvalue weighted by molar-refractivity contribution is -0.126. The lowest BCUT2D eigenvalue weighted by Gasteiger charge is -2.19. The summed E-state index contributed by atoms with van der Waals surface area (Å²) in [4.78, 5) is 11.8. The van der Waals surface area contributed by atoms with Gasteiger partial charge in [0.1, 0.15) is 0 Å². The van der Waals surface area contributed by atoms with Crippen LogP contribution in [0, 0.1) is 11.8 Å². The van der Waals surface area contributed by atoms with E-state index in [1.165, 1.54) is 0 Å². The van der Waals surface area contributed by atoms with Gasteiger partial charge in [0.05, 0.1) is 12.6 Å². The molecule has 0 aromatic heterocycles. The number of hydrogen-bond donors (Lipinski definition) is 2. The molecule has 2 unspecified atom stereocenters. The minimum atomic E-state index is -0.0599. The SMILES string of the molecule is CC[C@H](CO)NC(=O)C1CCCC1C. The summed E-state index contributed by atoms with van der Waals surface area (Å²) in [5.41, 5.74) is 0. The van der Waals surface area contributed by atoms with Gasteiger partial charge in [-0.3, -0.25) is 4.79 Å². The molecule has 0 spiro atoms. The summed E-state index contributed by atoms with van der Waals surface area (Å²) < 4.78 is 0. The second kappa shape index (κ2) is 5.35. The molecule has 1 aliphatic rings. The average Bonchev–Trinajstić information content (AvgIpc) is 2.60. The van der Waals surface area contributed by atoms with Crippen molar-refractivity contribution in [3.05, 3.63) is 0 Å². The maximum atomic E-state index is 11.8. The molecule has 1 amide bonds. The molecule has 1 fully saturated rings. The predicted molar refractivity (Wildman–Crippen MR) is 55.8 cm³/mol. The molecule has 0 aliphatic heterocycles. The van der Waals surface area contributed by atoms with Crippen molar-refractivity contribution < 1.29 is 9.90 Å². The van der Waals surface area contributed by atoms with Crippen LogP contribution in [0.25, 0.3) is 0 Å². The fourth-order valence-corrected chi connectivity index (χ4v) is 2.12. The molecular formula is C11H21NO2. The quantitative estimate of drug-likeness (QED) is 0.717. The van der Waals surface area contributed by atoms with Crippen molar-refractivity contribution in [2.75, 3.05) is 6.61 Å². The van der Waals surface area contributed by atoms with E-state index in [0.29, 0.717) is 5.92 Å². The molecular weight excluding hydrogens is 178 g/mol. The van der Waals surface area contributed by atoms with Gasteiger partial charge in [-0.1, -0.05) is 20.3 Å². The molecule has 1 aliphatic carbocycles. The van der Waals surface area contributed by atoms with Crippen LogP contribution < -0.4 is 5.32 Å². The van der Waals surface area contributed by atoms with E-state index in [1.807, 2.05) is 6.92 Å². The van der Waals surface area contributed by atoms with Gasteiger partial charge in [0, 0.05) is 5.92 Å². The van der Waals surface area contributed by atoms with E-state index in [2.05, 4.69) is 12.2 Å². The number of aliphatic hydroxyl groups excluding tert-OH is 1. The fourth-order valence-electron chi connectivity index (χ4n) is 2.12. The summed E-state index contributed by atoms with van der Waals surface area (Å²) in [6.45, 7) is 4.15. The van der Waals surface area contributed by atoms with Crippen LogP contribution in [-0.2, 0) is 4.79 Å². The van der Waals surface area contributed by atoms with Gasteiger partial charge >= 0.3 is 0 Å². The standard InChI is InChI=1S/C11H21NO2/c1-3-9(7-13)12-11(14)10-6-4-5-8(10)2/h8-10,13H,3-7H2,1-2H3,(H,12,14)/t8?,9-,10?/m1/s1. The van der Waals surface area contributed by atoms with Crippen LogP contribution in [0.1, 0.15) is 39.5 Å². The monoisotopic (exact) mass is 199 g/mol. The Bertz CT molecular complexity index is 190. The van der Waals surface area contributed by atoms with Gasteiger partial charge in [0.15, 0.2) is 0 Å². The van der Waals surface area contributed by atoms with Crippen molar-refractivity contribution in [2.45, 2.75) is 45.6 Å². The van der Waals surface area contributed by atoms with Crippen molar-refractivity contribution in [1.82, 2.24) is 5.32 Å². The van der Waals surface area contributed by atoms with Gasteiger partial charge in [-0.15, -0.1) is 0 Å². The molecule has 0 bridgehead atoms. The molecule has 1 rings (SSSR count). The molecule has 82 valence electrons. The van der Waals surface area contributed by atoms with Crippen LogP contribution in [0.3, 0.4) is 0 Å². The topological polar surface area (TPSA) is 49.3 Å². The maximum Gasteiger partial charge on any atom is 0.223 e. The van der Waals surface area contributed by atoms with Gasteiger partial charge in [0.2, 0.25) is 5.91 Å². The zero-order chi connectivity index (χ0) is 10.6. The Morgan fingerprint density at radius 3 is 2.71 bits per heavy atom. The number of carbonyl (C=O) groups is 1. The molecule has 1 saturated carbocycles. The number of aliphatic hydroxyl groups is 1. The van der Waals surface area contributed by atoms with Crippen molar-refractivity contribution in [3.63, 3.8) is 0 Å².